The zero-order chi connectivity index (χ0) is 11.4. The first-order valence-corrected chi connectivity index (χ1v) is 4.62. The van der Waals surface area contributed by atoms with Gasteiger partial charge in [0.1, 0.15) is 5.56 Å². The fourth-order valence-electron chi connectivity index (χ4n) is 1.20. The van der Waals surface area contributed by atoms with E-state index in [2.05, 4.69) is 4.98 Å². The highest BCUT2D eigenvalue weighted by molar-refractivity contribution is 5.93. The highest BCUT2D eigenvalue weighted by Gasteiger charge is 2.14. The van der Waals surface area contributed by atoms with Crippen LogP contribution in [0.2, 0.25) is 0 Å². The number of likely N-dealkylation sites (N-methyl/N-ethyl adjacent to an activating group) is 1. The zero-order valence-electron chi connectivity index (χ0n) is 8.78. The SMILES string of the molecule is Cc1ccc(C(=O)N(C)CCO)c(=O)[nH]1. The summed E-state index contributed by atoms with van der Waals surface area (Å²) in [6.07, 6.45) is 0. The highest BCUT2D eigenvalue weighted by Crippen LogP contribution is 1.98. The zero-order valence-corrected chi connectivity index (χ0v) is 8.78. The number of aliphatic hydroxyl groups is 1. The van der Waals surface area contributed by atoms with Crippen LogP contribution < -0.4 is 5.56 Å². The largest absolute Gasteiger partial charge is 0.395 e. The maximum Gasteiger partial charge on any atom is 0.260 e. The van der Waals surface area contributed by atoms with Crippen LogP contribution in [0.25, 0.3) is 0 Å². The monoisotopic (exact) mass is 210 g/mol. The Morgan fingerprint density at radius 2 is 2.20 bits per heavy atom. The molecule has 1 amide bonds. The van der Waals surface area contributed by atoms with Crippen LogP contribution in [0.1, 0.15) is 16.1 Å². The van der Waals surface area contributed by atoms with E-state index in [9.17, 15) is 9.59 Å². The molecular weight excluding hydrogens is 196 g/mol. The molecule has 0 unspecified atom stereocenters. The summed E-state index contributed by atoms with van der Waals surface area (Å²) >= 11 is 0. The predicted molar refractivity (Wildman–Crippen MR) is 55.8 cm³/mol. The van der Waals surface area contributed by atoms with Crippen LogP contribution in [0.15, 0.2) is 16.9 Å². The average Bonchev–Trinajstić information content (AvgIpc) is 2.17. The maximum absolute atomic E-state index is 11.7. The lowest BCUT2D eigenvalue weighted by atomic mass is 10.2. The normalized spacial score (nSPS) is 10.1. The number of rotatable bonds is 3. The van der Waals surface area contributed by atoms with Gasteiger partial charge in [-0.1, -0.05) is 0 Å². The Kier molecular flexibility index (Phi) is 3.62. The van der Waals surface area contributed by atoms with E-state index in [0.717, 1.165) is 0 Å². The third-order valence-electron chi connectivity index (χ3n) is 2.07. The fraction of sp³-hybridized carbons (Fsp3) is 0.400. The standard InChI is InChI=1S/C10H14N2O3/c1-7-3-4-8(9(14)11-7)10(15)12(2)5-6-13/h3-4,13H,5-6H2,1-2H3,(H,11,14). The molecule has 5 nitrogen and oxygen atoms in total. The predicted octanol–water partition coefficient (Wildman–Crippen LogP) is -0.252. The van der Waals surface area contributed by atoms with Crippen molar-refractivity contribution in [2.24, 2.45) is 0 Å². The van der Waals surface area contributed by atoms with Crippen molar-refractivity contribution in [2.75, 3.05) is 20.2 Å². The lowest BCUT2D eigenvalue weighted by Crippen LogP contribution is -2.33. The summed E-state index contributed by atoms with van der Waals surface area (Å²) in [4.78, 5) is 26.9. The molecule has 2 N–H and O–H groups in total. The number of hydrogen-bond acceptors (Lipinski definition) is 3. The Bertz CT molecular complexity index is 411. The van der Waals surface area contributed by atoms with E-state index in [1.807, 2.05) is 0 Å². The van der Waals surface area contributed by atoms with Crippen molar-refractivity contribution < 1.29 is 9.90 Å². The van der Waals surface area contributed by atoms with E-state index in [1.165, 1.54) is 18.0 Å². The first-order valence-electron chi connectivity index (χ1n) is 4.62. The number of amides is 1. The van der Waals surface area contributed by atoms with Crippen LogP contribution >= 0.6 is 0 Å². The fourth-order valence-corrected chi connectivity index (χ4v) is 1.20. The number of aryl methyl sites for hydroxylation is 1. The van der Waals surface area contributed by atoms with Crippen LogP contribution in [0.5, 0.6) is 0 Å². The van der Waals surface area contributed by atoms with Gasteiger partial charge in [-0.15, -0.1) is 0 Å². The number of hydrogen-bond donors (Lipinski definition) is 2. The summed E-state index contributed by atoms with van der Waals surface area (Å²) in [5, 5.41) is 8.67. The maximum atomic E-state index is 11.7. The Balaban J connectivity index is 2.96. The summed E-state index contributed by atoms with van der Waals surface area (Å²) in [5.41, 5.74) is 0.405. The Hall–Kier alpha value is -1.62. The van der Waals surface area contributed by atoms with Crippen molar-refractivity contribution in [3.63, 3.8) is 0 Å². The lowest BCUT2D eigenvalue weighted by molar-refractivity contribution is 0.0765. The summed E-state index contributed by atoms with van der Waals surface area (Å²) < 4.78 is 0. The molecule has 5 heteroatoms. The van der Waals surface area contributed by atoms with Gasteiger partial charge in [0, 0.05) is 19.3 Å². The molecule has 0 atom stereocenters. The molecule has 0 spiro atoms. The van der Waals surface area contributed by atoms with E-state index in [4.69, 9.17) is 5.11 Å². The van der Waals surface area contributed by atoms with Crippen LogP contribution in [0.4, 0.5) is 0 Å². The molecule has 0 radical (unpaired) electrons. The minimum absolute atomic E-state index is 0.0940. The van der Waals surface area contributed by atoms with Gasteiger partial charge in [-0.2, -0.15) is 0 Å². The van der Waals surface area contributed by atoms with Crippen LogP contribution in [0, 0.1) is 6.92 Å². The molecule has 1 aromatic rings. The van der Waals surface area contributed by atoms with Crippen LogP contribution in [-0.4, -0.2) is 41.1 Å². The molecule has 82 valence electrons. The second-order valence-corrected chi connectivity index (χ2v) is 3.33. The lowest BCUT2D eigenvalue weighted by Gasteiger charge is -2.14. The van der Waals surface area contributed by atoms with E-state index in [-0.39, 0.29) is 24.6 Å². The number of aromatic amines is 1. The van der Waals surface area contributed by atoms with E-state index >= 15 is 0 Å². The Morgan fingerprint density at radius 3 is 2.73 bits per heavy atom. The summed E-state index contributed by atoms with van der Waals surface area (Å²) in [6, 6.07) is 3.16. The van der Waals surface area contributed by atoms with Gasteiger partial charge in [-0.05, 0) is 19.1 Å². The van der Waals surface area contributed by atoms with Crippen molar-refractivity contribution in [3.05, 3.63) is 33.7 Å². The summed E-state index contributed by atoms with van der Waals surface area (Å²) in [5.74, 6) is -0.384. The average molecular weight is 210 g/mol. The molecular formula is C10H14N2O3. The third kappa shape index (κ3) is 2.66. The molecule has 0 fully saturated rings. The van der Waals surface area contributed by atoms with Gasteiger partial charge in [0.25, 0.3) is 11.5 Å². The molecule has 0 aliphatic carbocycles. The first kappa shape index (κ1) is 11.5. The smallest absolute Gasteiger partial charge is 0.260 e. The third-order valence-corrected chi connectivity index (χ3v) is 2.07. The van der Waals surface area contributed by atoms with Crippen molar-refractivity contribution in [3.8, 4) is 0 Å². The molecule has 0 aliphatic rings. The quantitative estimate of drug-likeness (QED) is 0.722. The van der Waals surface area contributed by atoms with Gasteiger partial charge < -0.3 is 15.0 Å². The highest BCUT2D eigenvalue weighted by atomic mass is 16.3. The topological polar surface area (TPSA) is 73.4 Å². The second kappa shape index (κ2) is 4.75. The minimum Gasteiger partial charge on any atom is -0.395 e. The molecule has 0 bridgehead atoms. The van der Waals surface area contributed by atoms with Crippen LogP contribution in [0.3, 0.4) is 0 Å². The number of aliphatic hydroxyl groups excluding tert-OH is 1. The first-order chi connectivity index (χ1) is 7.06. The van der Waals surface area contributed by atoms with Crippen molar-refractivity contribution in [1.29, 1.82) is 0 Å². The van der Waals surface area contributed by atoms with Crippen LogP contribution in [-0.2, 0) is 0 Å². The number of nitrogens with zero attached hydrogens (tertiary/aromatic N) is 1. The number of carbonyl (C=O) groups is 1. The molecule has 1 heterocycles. The van der Waals surface area contributed by atoms with Crippen molar-refractivity contribution in [1.82, 2.24) is 9.88 Å². The Labute approximate surface area is 87.4 Å². The molecule has 15 heavy (non-hydrogen) atoms. The molecule has 0 saturated carbocycles. The summed E-state index contributed by atoms with van der Waals surface area (Å²) in [6.45, 7) is 1.84. The molecule has 0 aliphatic heterocycles. The van der Waals surface area contributed by atoms with Gasteiger partial charge in [-0.3, -0.25) is 9.59 Å². The van der Waals surface area contributed by atoms with Gasteiger partial charge in [0.15, 0.2) is 0 Å². The second-order valence-electron chi connectivity index (χ2n) is 3.33. The van der Waals surface area contributed by atoms with Crippen molar-refractivity contribution >= 4 is 5.91 Å². The van der Waals surface area contributed by atoms with Gasteiger partial charge in [0.2, 0.25) is 0 Å². The number of nitrogens with one attached hydrogen (secondary N) is 1. The molecule has 1 rings (SSSR count). The van der Waals surface area contributed by atoms with E-state index in [0.29, 0.717) is 5.69 Å². The van der Waals surface area contributed by atoms with Gasteiger partial charge in [0.05, 0.1) is 6.61 Å². The van der Waals surface area contributed by atoms with Gasteiger partial charge in [-0.25, -0.2) is 0 Å². The minimum atomic E-state index is -0.398. The van der Waals surface area contributed by atoms with E-state index in [1.54, 1.807) is 13.0 Å². The Morgan fingerprint density at radius 1 is 1.53 bits per heavy atom. The number of aromatic nitrogens is 1. The molecule has 0 aromatic carbocycles. The number of H-pyrrole nitrogens is 1. The van der Waals surface area contributed by atoms with E-state index < -0.39 is 5.56 Å². The molecule has 0 saturated heterocycles. The number of pyridine rings is 1. The molecule has 1 aromatic heterocycles. The number of carbonyl (C=O) groups excluding carboxylic acids is 1. The van der Waals surface area contributed by atoms with Crippen molar-refractivity contribution in [2.45, 2.75) is 6.92 Å². The van der Waals surface area contributed by atoms with Gasteiger partial charge >= 0.3 is 0 Å². The summed E-state index contributed by atoms with van der Waals surface area (Å²) in [7, 11) is 1.54.